The van der Waals surface area contributed by atoms with Crippen molar-refractivity contribution in [1.29, 1.82) is 0 Å². The molecule has 0 aromatic heterocycles. The molecule has 0 N–H and O–H groups in total. The Hall–Kier alpha value is -1.96. The molecule has 1 atom stereocenters. The Morgan fingerprint density at radius 1 is 1.11 bits per heavy atom. The minimum Gasteiger partial charge on any atom is -0.490 e. The number of hydrogen-bond donors (Lipinski definition) is 0. The quantitative estimate of drug-likeness (QED) is 0.831. The first-order chi connectivity index (χ1) is 9.20. The van der Waals surface area contributed by atoms with E-state index in [0.29, 0.717) is 6.61 Å². The van der Waals surface area contributed by atoms with E-state index >= 15 is 0 Å². The van der Waals surface area contributed by atoms with Crippen molar-refractivity contribution in [3.05, 3.63) is 59.2 Å². The minimum atomic E-state index is 0.123. The molecule has 3 rings (SSSR count). The van der Waals surface area contributed by atoms with Crippen LogP contribution in [-0.2, 0) is 6.42 Å². The highest BCUT2D eigenvalue weighted by Gasteiger charge is 2.22. The van der Waals surface area contributed by atoms with Gasteiger partial charge in [0, 0.05) is 6.42 Å². The summed E-state index contributed by atoms with van der Waals surface area (Å²) in [7, 11) is 0. The van der Waals surface area contributed by atoms with Gasteiger partial charge in [0.15, 0.2) is 0 Å². The van der Waals surface area contributed by atoms with Gasteiger partial charge < -0.3 is 9.47 Å². The van der Waals surface area contributed by atoms with Crippen molar-refractivity contribution in [2.75, 3.05) is 6.61 Å². The fraction of sp³-hybridized carbons (Fsp3) is 0.294. The Morgan fingerprint density at radius 2 is 1.84 bits per heavy atom. The fourth-order valence-electron chi connectivity index (χ4n) is 2.55. The molecule has 1 aliphatic rings. The maximum Gasteiger partial charge on any atom is 0.137 e. The Labute approximate surface area is 114 Å². The van der Waals surface area contributed by atoms with E-state index in [0.717, 1.165) is 17.9 Å². The molecule has 19 heavy (non-hydrogen) atoms. The van der Waals surface area contributed by atoms with Crippen LogP contribution in [0.5, 0.6) is 11.5 Å². The van der Waals surface area contributed by atoms with Gasteiger partial charge in [0.2, 0.25) is 0 Å². The van der Waals surface area contributed by atoms with Crippen molar-refractivity contribution < 1.29 is 9.47 Å². The summed E-state index contributed by atoms with van der Waals surface area (Å²) >= 11 is 0. The normalized spacial score (nSPS) is 16.8. The molecular formula is C17H18O2. The Kier molecular flexibility index (Phi) is 3.16. The molecule has 1 heterocycles. The second kappa shape index (κ2) is 4.96. The van der Waals surface area contributed by atoms with E-state index < -0.39 is 0 Å². The summed E-state index contributed by atoms with van der Waals surface area (Å²) in [5, 5.41) is 0. The molecule has 2 nitrogen and oxygen atoms in total. The predicted octanol–water partition coefficient (Wildman–Crippen LogP) is 3.69. The molecule has 98 valence electrons. The minimum absolute atomic E-state index is 0.123. The second-order valence-corrected chi connectivity index (χ2v) is 5.19. The van der Waals surface area contributed by atoms with Crippen LogP contribution in [0.15, 0.2) is 42.5 Å². The lowest BCUT2D eigenvalue weighted by Crippen LogP contribution is -2.22. The third-order valence-corrected chi connectivity index (χ3v) is 3.34. The van der Waals surface area contributed by atoms with Gasteiger partial charge in [-0.1, -0.05) is 24.3 Å². The van der Waals surface area contributed by atoms with Crippen molar-refractivity contribution in [2.24, 2.45) is 0 Å². The molecule has 2 heteroatoms. The monoisotopic (exact) mass is 254 g/mol. The number of fused-ring (bicyclic) bond motifs is 1. The zero-order valence-corrected chi connectivity index (χ0v) is 11.3. The number of benzene rings is 2. The maximum absolute atomic E-state index is 5.86. The van der Waals surface area contributed by atoms with Gasteiger partial charge in [-0.05, 0) is 48.7 Å². The lowest BCUT2D eigenvalue weighted by molar-refractivity contribution is 0.148. The number of hydrogen-bond acceptors (Lipinski definition) is 2. The van der Waals surface area contributed by atoms with Crippen LogP contribution in [0.25, 0.3) is 0 Å². The summed E-state index contributed by atoms with van der Waals surface area (Å²) in [6.07, 6.45) is 1.05. The van der Waals surface area contributed by atoms with Crippen LogP contribution in [0.2, 0.25) is 0 Å². The summed E-state index contributed by atoms with van der Waals surface area (Å²) in [4.78, 5) is 0. The van der Waals surface area contributed by atoms with E-state index in [1.54, 1.807) is 0 Å². The molecule has 0 unspecified atom stereocenters. The number of para-hydroxylation sites is 1. The van der Waals surface area contributed by atoms with Gasteiger partial charge >= 0.3 is 0 Å². The molecule has 0 saturated heterocycles. The van der Waals surface area contributed by atoms with Gasteiger partial charge in [0.25, 0.3) is 0 Å². The van der Waals surface area contributed by atoms with Crippen LogP contribution in [0.3, 0.4) is 0 Å². The van der Waals surface area contributed by atoms with Crippen LogP contribution in [0.4, 0.5) is 0 Å². The van der Waals surface area contributed by atoms with Gasteiger partial charge in [-0.3, -0.25) is 0 Å². The molecule has 2 aromatic rings. The zero-order chi connectivity index (χ0) is 13.2. The summed E-state index contributed by atoms with van der Waals surface area (Å²) in [5.74, 6) is 1.92. The van der Waals surface area contributed by atoms with Crippen molar-refractivity contribution >= 4 is 0 Å². The first-order valence-corrected chi connectivity index (χ1v) is 6.66. The lowest BCUT2D eigenvalue weighted by atomic mass is 10.1. The summed E-state index contributed by atoms with van der Waals surface area (Å²) in [6.45, 7) is 4.77. The van der Waals surface area contributed by atoms with Crippen LogP contribution in [-0.4, -0.2) is 12.7 Å². The van der Waals surface area contributed by atoms with Crippen molar-refractivity contribution in [3.8, 4) is 11.5 Å². The van der Waals surface area contributed by atoms with Gasteiger partial charge in [0.1, 0.15) is 24.2 Å². The molecule has 0 spiro atoms. The van der Waals surface area contributed by atoms with E-state index in [4.69, 9.17) is 9.47 Å². The highest BCUT2D eigenvalue weighted by Crippen LogP contribution is 2.28. The zero-order valence-electron chi connectivity index (χ0n) is 11.3. The van der Waals surface area contributed by atoms with Gasteiger partial charge in [-0.15, -0.1) is 0 Å². The predicted molar refractivity (Wildman–Crippen MR) is 76.0 cm³/mol. The first-order valence-electron chi connectivity index (χ1n) is 6.66. The van der Waals surface area contributed by atoms with Crippen molar-refractivity contribution in [2.45, 2.75) is 26.4 Å². The number of aryl methyl sites for hydroxylation is 2. The molecule has 0 fully saturated rings. The molecule has 0 aliphatic carbocycles. The van der Waals surface area contributed by atoms with E-state index in [2.05, 4.69) is 44.2 Å². The van der Waals surface area contributed by atoms with E-state index in [1.165, 1.54) is 16.7 Å². The van der Waals surface area contributed by atoms with E-state index in [1.807, 2.05) is 12.1 Å². The number of rotatable bonds is 3. The van der Waals surface area contributed by atoms with E-state index in [-0.39, 0.29) is 6.10 Å². The Morgan fingerprint density at radius 3 is 2.58 bits per heavy atom. The van der Waals surface area contributed by atoms with Gasteiger partial charge in [0.05, 0.1) is 0 Å². The maximum atomic E-state index is 5.86. The SMILES string of the molecule is Cc1cc(C)cc(OC[C@@H]2Cc3ccccc3O2)c1. The number of ether oxygens (including phenoxy) is 2. The highest BCUT2D eigenvalue weighted by atomic mass is 16.5. The third-order valence-electron chi connectivity index (χ3n) is 3.34. The lowest BCUT2D eigenvalue weighted by Gasteiger charge is -2.13. The van der Waals surface area contributed by atoms with Crippen molar-refractivity contribution in [3.63, 3.8) is 0 Å². The largest absolute Gasteiger partial charge is 0.490 e. The van der Waals surface area contributed by atoms with Crippen LogP contribution in [0.1, 0.15) is 16.7 Å². The van der Waals surface area contributed by atoms with Gasteiger partial charge in [-0.2, -0.15) is 0 Å². The first kappa shape index (κ1) is 12.1. The molecular weight excluding hydrogens is 236 g/mol. The Balaban J connectivity index is 1.62. The average molecular weight is 254 g/mol. The summed E-state index contributed by atoms with van der Waals surface area (Å²) in [6, 6.07) is 14.5. The summed E-state index contributed by atoms with van der Waals surface area (Å²) < 4.78 is 11.7. The summed E-state index contributed by atoms with van der Waals surface area (Å²) in [5.41, 5.74) is 3.73. The van der Waals surface area contributed by atoms with Crippen LogP contribution >= 0.6 is 0 Å². The third kappa shape index (κ3) is 2.73. The van der Waals surface area contributed by atoms with Gasteiger partial charge in [-0.25, -0.2) is 0 Å². The average Bonchev–Trinajstić information content (AvgIpc) is 2.78. The Bertz CT molecular complexity index is 544. The van der Waals surface area contributed by atoms with Crippen LogP contribution < -0.4 is 9.47 Å². The molecule has 1 aliphatic heterocycles. The van der Waals surface area contributed by atoms with Crippen LogP contribution in [0, 0.1) is 13.8 Å². The topological polar surface area (TPSA) is 18.5 Å². The van der Waals surface area contributed by atoms with Crippen molar-refractivity contribution in [1.82, 2.24) is 0 Å². The highest BCUT2D eigenvalue weighted by molar-refractivity contribution is 5.37. The fourth-order valence-corrected chi connectivity index (χ4v) is 2.55. The second-order valence-electron chi connectivity index (χ2n) is 5.19. The molecule has 0 saturated carbocycles. The molecule has 0 radical (unpaired) electrons. The molecule has 2 aromatic carbocycles. The smallest absolute Gasteiger partial charge is 0.137 e. The van der Waals surface area contributed by atoms with E-state index in [9.17, 15) is 0 Å². The standard InChI is InChI=1S/C17H18O2/c1-12-7-13(2)9-15(8-12)18-11-16-10-14-5-3-4-6-17(14)19-16/h3-9,16H,10-11H2,1-2H3/t16-/m0/s1. The molecule has 0 bridgehead atoms. The molecule has 0 amide bonds.